The molecule has 0 fully saturated rings. The quantitative estimate of drug-likeness (QED) is 0.491. The fourth-order valence-corrected chi connectivity index (χ4v) is 1.90. The number of unbranched alkanes of at least 4 members (excludes halogenated alkanes) is 4. The summed E-state index contributed by atoms with van der Waals surface area (Å²) in [6.45, 7) is 7.45. The second-order valence-electron chi connectivity index (χ2n) is 5.48. The highest BCUT2D eigenvalue weighted by Gasteiger charge is 2.19. The Morgan fingerprint density at radius 2 is 1.78 bits per heavy atom. The van der Waals surface area contributed by atoms with Gasteiger partial charge in [-0.25, -0.2) is 0 Å². The minimum Gasteiger partial charge on any atom is -0.463 e. The summed E-state index contributed by atoms with van der Waals surface area (Å²) in [6.07, 6.45) is 6.43. The normalized spacial score (nSPS) is 12.7. The fourth-order valence-electron chi connectivity index (χ4n) is 1.90. The molecular weight excluding hydrogens is 230 g/mol. The Kier molecular flexibility index (Phi) is 11.3. The van der Waals surface area contributed by atoms with E-state index < -0.39 is 5.60 Å². The van der Waals surface area contributed by atoms with Crippen molar-refractivity contribution in [2.45, 2.75) is 84.3 Å². The Bertz CT molecular complexity index is 212. The molecule has 1 atom stereocenters. The average Bonchev–Trinajstić information content (AvgIpc) is 2.14. The number of aliphatic hydroxyl groups is 1. The Hall–Kier alpha value is -0.610. The van der Waals surface area contributed by atoms with Crippen molar-refractivity contribution in [3.8, 4) is 0 Å². The molecule has 0 aromatic heterocycles. The Morgan fingerprint density at radius 1 is 1.22 bits per heavy atom. The highest BCUT2D eigenvalue weighted by atomic mass is 16.5. The van der Waals surface area contributed by atoms with Gasteiger partial charge in [0, 0.05) is 12.8 Å². The molecule has 0 aliphatic rings. The van der Waals surface area contributed by atoms with E-state index in [0.717, 1.165) is 12.8 Å². The van der Waals surface area contributed by atoms with Gasteiger partial charge in [0.15, 0.2) is 0 Å². The van der Waals surface area contributed by atoms with E-state index in [9.17, 15) is 9.90 Å². The maximum atomic E-state index is 11.5. The van der Waals surface area contributed by atoms with E-state index in [0.29, 0.717) is 12.8 Å². The van der Waals surface area contributed by atoms with Crippen LogP contribution in [0.4, 0.5) is 0 Å². The molecule has 0 aromatic rings. The zero-order chi connectivity index (χ0) is 13.3. The number of ether oxygens (including phenoxy) is 1. The van der Waals surface area contributed by atoms with Crippen molar-refractivity contribution >= 4 is 5.97 Å². The van der Waals surface area contributed by atoms with E-state index in [1.54, 1.807) is 13.8 Å². The second-order valence-corrected chi connectivity index (χ2v) is 5.48. The number of hydrogen-bond acceptors (Lipinski definition) is 4. The molecule has 0 bridgehead atoms. The molecule has 0 aliphatic carbocycles. The largest absolute Gasteiger partial charge is 0.463 e. The predicted octanol–water partition coefficient (Wildman–Crippen LogP) is 3.60. The highest BCUT2D eigenvalue weighted by Crippen LogP contribution is 2.14. The van der Waals surface area contributed by atoms with Gasteiger partial charge in [0.25, 0.3) is 0 Å². The second kappa shape index (κ2) is 10.3. The van der Waals surface area contributed by atoms with Crippen LogP contribution in [0.15, 0.2) is 0 Å². The van der Waals surface area contributed by atoms with Crippen molar-refractivity contribution in [1.29, 1.82) is 0 Å². The van der Waals surface area contributed by atoms with Crippen LogP contribution >= 0.6 is 0 Å². The van der Waals surface area contributed by atoms with Gasteiger partial charge in [-0.05, 0) is 27.2 Å². The molecule has 0 radical (unpaired) electrons. The summed E-state index contributed by atoms with van der Waals surface area (Å²) in [7, 11) is 0. The molecule has 110 valence electrons. The van der Waals surface area contributed by atoms with Crippen LogP contribution in [0.3, 0.4) is 0 Å². The van der Waals surface area contributed by atoms with Gasteiger partial charge in [-0.15, -0.1) is 0 Å². The van der Waals surface area contributed by atoms with Crippen LogP contribution in [0, 0.1) is 0 Å². The zero-order valence-electron chi connectivity index (χ0n) is 12.5. The number of carbonyl (C=O) groups excluding carboxylic acids is 1. The molecule has 4 nitrogen and oxygen atoms in total. The van der Waals surface area contributed by atoms with E-state index in [2.05, 4.69) is 6.92 Å². The molecule has 0 spiro atoms. The third kappa shape index (κ3) is 13.5. The maximum absolute atomic E-state index is 11.5. The smallest absolute Gasteiger partial charge is 0.306 e. The summed E-state index contributed by atoms with van der Waals surface area (Å²) in [4.78, 5) is 11.5. The Labute approximate surface area is 112 Å². The maximum Gasteiger partial charge on any atom is 0.306 e. The van der Waals surface area contributed by atoms with Crippen molar-refractivity contribution in [1.82, 2.24) is 6.15 Å². The van der Waals surface area contributed by atoms with Crippen LogP contribution in [0.25, 0.3) is 0 Å². The summed E-state index contributed by atoms with van der Waals surface area (Å²) < 4.78 is 5.23. The van der Waals surface area contributed by atoms with Gasteiger partial charge in [-0.1, -0.05) is 32.6 Å². The minimum atomic E-state index is -0.777. The van der Waals surface area contributed by atoms with Gasteiger partial charge in [-0.2, -0.15) is 0 Å². The number of esters is 1. The molecule has 0 rings (SSSR count). The first kappa shape index (κ1) is 19.7. The van der Waals surface area contributed by atoms with E-state index >= 15 is 0 Å². The van der Waals surface area contributed by atoms with Crippen LogP contribution in [-0.2, 0) is 9.53 Å². The van der Waals surface area contributed by atoms with Crippen LogP contribution in [0.2, 0.25) is 0 Å². The van der Waals surface area contributed by atoms with E-state index in [-0.39, 0.29) is 18.2 Å². The first-order valence-electron chi connectivity index (χ1n) is 6.77. The number of hydrogen-bond donors (Lipinski definition) is 2. The standard InChI is InChI=1S/C14H28O3.H3N/c1-5-6-7-8-9-10-13(15)17-12(2)11-14(3,4)16;/h12,16H,5-11H2,1-4H3;1H3. The summed E-state index contributed by atoms with van der Waals surface area (Å²) in [5, 5.41) is 9.58. The van der Waals surface area contributed by atoms with Crippen LogP contribution in [0.1, 0.15) is 72.6 Å². The predicted molar refractivity (Wildman–Crippen MR) is 74.9 cm³/mol. The fraction of sp³-hybridized carbons (Fsp3) is 0.929. The third-order valence-electron chi connectivity index (χ3n) is 2.60. The van der Waals surface area contributed by atoms with Gasteiger partial charge in [0.1, 0.15) is 6.10 Å². The molecule has 0 aliphatic heterocycles. The molecule has 4 N–H and O–H groups in total. The van der Waals surface area contributed by atoms with Crippen LogP contribution < -0.4 is 6.15 Å². The first-order valence-corrected chi connectivity index (χ1v) is 6.77. The summed E-state index contributed by atoms with van der Waals surface area (Å²) in [6, 6.07) is 0. The summed E-state index contributed by atoms with van der Waals surface area (Å²) in [5.74, 6) is -0.141. The lowest BCUT2D eigenvalue weighted by Crippen LogP contribution is -2.27. The molecule has 0 aromatic carbocycles. The van der Waals surface area contributed by atoms with Gasteiger partial charge in [0.05, 0.1) is 5.60 Å². The van der Waals surface area contributed by atoms with Crippen LogP contribution in [0.5, 0.6) is 0 Å². The topological polar surface area (TPSA) is 81.5 Å². The minimum absolute atomic E-state index is 0. The molecule has 0 saturated carbocycles. The summed E-state index contributed by atoms with van der Waals surface area (Å²) in [5.41, 5.74) is -0.777. The van der Waals surface area contributed by atoms with Crippen molar-refractivity contribution in [2.24, 2.45) is 0 Å². The molecule has 18 heavy (non-hydrogen) atoms. The molecular formula is C14H31NO3. The SMILES string of the molecule is CCCCCCCC(=O)OC(C)CC(C)(C)O.N. The van der Waals surface area contributed by atoms with E-state index in [1.165, 1.54) is 19.3 Å². The van der Waals surface area contributed by atoms with Crippen molar-refractivity contribution < 1.29 is 14.6 Å². The molecule has 1 unspecified atom stereocenters. The zero-order valence-corrected chi connectivity index (χ0v) is 12.5. The lowest BCUT2D eigenvalue weighted by molar-refractivity contribution is -0.150. The lowest BCUT2D eigenvalue weighted by Gasteiger charge is -2.22. The van der Waals surface area contributed by atoms with Crippen molar-refractivity contribution in [3.63, 3.8) is 0 Å². The van der Waals surface area contributed by atoms with Gasteiger partial charge in [-0.3, -0.25) is 4.79 Å². The molecule has 0 amide bonds. The third-order valence-corrected chi connectivity index (χ3v) is 2.60. The Balaban J connectivity index is 0. The van der Waals surface area contributed by atoms with Gasteiger partial charge in [0.2, 0.25) is 0 Å². The first-order chi connectivity index (χ1) is 7.85. The highest BCUT2D eigenvalue weighted by molar-refractivity contribution is 5.69. The van der Waals surface area contributed by atoms with Gasteiger partial charge < -0.3 is 16.0 Å². The number of rotatable bonds is 9. The van der Waals surface area contributed by atoms with Crippen molar-refractivity contribution in [3.05, 3.63) is 0 Å². The number of carbonyl (C=O) groups is 1. The van der Waals surface area contributed by atoms with Gasteiger partial charge >= 0.3 is 5.97 Å². The molecule has 0 heterocycles. The summed E-state index contributed by atoms with van der Waals surface area (Å²) >= 11 is 0. The van der Waals surface area contributed by atoms with Crippen molar-refractivity contribution in [2.75, 3.05) is 0 Å². The molecule has 4 heteroatoms. The van der Waals surface area contributed by atoms with E-state index in [1.807, 2.05) is 6.92 Å². The average molecular weight is 261 g/mol. The molecule has 0 saturated heterocycles. The van der Waals surface area contributed by atoms with E-state index in [4.69, 9.17) is 4.74 Å². The lowest BCUT2D eigenvalue weighted by atomic mass is 10.0. The monoisotopic (exact) mass is 261 g/mol. The van der Waals surface area contributed by atoms with Crippen LogP contribution in [-0.4, -0.2) is 22.8 Å². The Morgan fingerprint density at radius 3 is 2.28 bits per heavy atom.